The minimum Gasteiger partial charge on any atom is -0.150 e. The fourth-order valence-electron chi connectivity index (χ4n) is 1.37. The Balaban J connectivity index is 2.04. The average molecular weight is 217 g/mol. The highest BCUT2D eigenvalue weighted by Gasteiger charge is 2.15. The third-order valence-corrected chi connectivity index (χ3v) is 3.01. The second-order valence-corrected chi connectivity index (χ2v) is 3.99. The van der Waals surface area contributed by atoms with E-state index in [0.29, 0.717) is 0 Å². The van der Waals surface area contributed by atoms with Crippen molar-refractivity contribution in [1.29, 1.82) is 0 Å². The number of benzene rings is 1. The van der Waals surface area contributed by atoms with Gasteiger partial charge in [-0.1, -0.05) is 47.2 Å². The van der Waals surface area contributed by atoms with Crippen molar-refractivity contribution in [3.63, 3.8) is 0 Å². The quantitative estimate of drug-likeness (QED) is 0.716. The Morgan fingerprint density at radius 2 is 2.07 bits per heavy atom. The zero-order chi connectivity index (χ0) is 10.1. The van der Waals surface area contributed by atoms with E-state index in [4.69, 9.17) is 0 Å². The van der Waals surface area contributed by atoms with E-state index in [1.807, 2.05) is 30.3 Å². The topological polar surface area (TPSA) is 56.0 Å². The van der Waals surface area contributed by atoms with Crippen LogP contribution in [0.2, 0.25) is 0 Å². The molecule has 0 unspecified atom stereocenters. The lowest BCUT2D eigenvalue weighted by Gasteiger charge is -2.10. The smallest absolute Gasteiger partial charge is 0.150 e. The summed E-state index contributed by atoms with van der Waals surface area (Å²) in [4.78, 5) is 1.47. The lowest BCUT2D eigenvalue weighted by molar-refractivity contribution is 0.640. The molecular formula is C9H7N5S. The van der Waals surface area contributed by atoms with Crippen LogP contribution in [-0.4, -0.2) is 31.8 Å². The van der Waals surface area contributed by atoms with E-state index in [-0.39, 0.29) is 0 Å². The van der Waals surface area contributed by atoms with Crippen LogP contribution in [0, 0.1) is 0 Å². The Kier molecular flexibility index (Phi) is 1.99. The van der Waals surface area contributed by atoms with Gasteiger partial charge in [0.25, 0.3) is 0 Å². The van der Waals surface area contributed by atoms with Crippen LogP contribution < -0.4 is 0 Å². The Bertz CT molecular complexity index is 504. The molecule has 0 spiro atoms. The molecule has 1 aliphatic rings. The van der Waals surface area contributed by atoms with Gasteiger partial charge in [0.15, 0.2) is 0 Å². The van der Waals surface area contributed by atoms with Gasteiger partial charge in [0.2, 0.25) is 5.16 Å². The van der Waals surface area contributed by atoms with E-state index < -0.39 is 0 Å². The van der Waals surface area contributed by atoms with Crippen LogP contribution in [0.5, 0.6) is 0 Å². The van der Waals surface area contributed by atoms with Gasteiger partial charge >= 0.3 is 0 Å². The normalized spacial score (nSPS) is 14.5. The molecular weight excluding hydrogens is 210 g/mol. The molecule has 74 valence electrons. The zero-order valence-corrected chi connectivity index (χ0v) is 8.55. The lowest BCUT2D eigenvalue weighted by atomic mass is 10.1. The van der Waals surface area contributed by atoms with Crippen LogP contribution in [-0.2, 0) is 0 Å². The minimum absolute atomic E-state index is 0.745. The van der Waals surface area contributed by atoms with Gasteiger partial charge in [0, 0.05) is 5.75 Å². The van der Waals surface area contributed by atoms with Gasteiger partial charge in [0.1, 0.15) is 0 Å². The Morgan fingerprint density at radius 3 is 2.93 bits per heavy atom. The molecule has 2 heterocycles. The third kappa shape index (κ3) is 1.52. The summed E-state index contributed by atoms with van der Waals surface area (Å²) in [5.74, 6) is 0.810. The molecule has 1 aromatic heterocycles. The summed E-state index contributed by atoms with van der Waals surface area (Å²) in [7, 11) is 0. The highest BCUT2D eigenvalue weighted by atomic mass is 32.2. The van der Waals surface area contributed by atoms with Crippen molar-refractivity contribution in [1.82, 2.24) is 20.3 Å². The number of fused-ring (bicyclic) bond motifs is 1. The van der Waals surface area contributed by atoms with Crippen LogP contribution >= 0.6 is 11.8 Å². The molecule has 3 rings (SSSR count). The Labute approximate surface area is 90.2 Å². The first kappa shape index (κ1) is 8.60. The zero-order valence-electron chi connectivity index (χ0n) is 7.74. The minimum atomic E-state index is 0.745. The van der Waals surface area contributed by atoms with Gasteiger partial charge < -0.3 is 0 Å². The molecule has 0 saturated heterocycles. The van der Waals surface area contributed by atoms with Crippen LogP contribution in [0.3, 0.4) is 0 Å². The largest absolute Gasteiger partial charge is 0.233 e. The van der Waals surface area contributed by atoms with E-state index in [0.717, 1.165) is 22.2 Å². The first-order valence-corrected chi connectivity index (χ1v) is 5.46. The van der Waals surface area contributed by atoms with Crippen molar-refractivity contribution in [3.05, 3.63) is 35.9 Å². The Hall–Kier alpha value is -1.69. The number of hydrogen-bond acceptors (Lipinski definition) is 5. The van der Waals surface area contributed by atoms with Crippen molar-refractivity contribution in [2.24, 2.45) is 5.10 Å². The molecule has 0 atom stereocenters. The number of hydrogen-bond donors (Lipinski definition) is 0. The van der Waals surface area contributed by atoms with Crippen LogP contribution in [0.25, 0.3) is 0 Å². The summed E-state index contributed by atoms with van der Waals surface area (Å²) in [5, 5.41) is 16.3. The summed E-state index contributed by atoms with van der Waals surface area (Å²) < 4.78 is 0. The molecule has 0 amide bonds. The maximum absolute atomic E-state index is 4.35. The molecule has 5 nitrogen and oxygen atoms in total. The van der Waals surface area contributed by atoms with Crippen LogP contribution in [0.15, 0.2) is 40.6 Å². The SMILES string of the molecule is c1ccc(C2=Nn3nnnc3SC2)cc1. The van der Waals surface area contributed by atoms with E-state index >= 15 is 0 Å². The van der Waals surface area contributed by atoms with Crippen molar-refractivity contribution in [2.75, 3.05) is 5.75 Å². The van der Waals surface area contributed by atoms with E-state index in [9.17, 15) is 0 Å². The van der Waals surface area contributed by atoms with Crippen molar-refractivity contribution in [2.45, 2.75) is 5.16 Å². The number of aromatic nitrogens is 4. The molecule has 0 bridgehead atoms. The molecule has 0 saturated carbocycles. The third-order valence-electron chi connectivity index (χ3n) is 2.09. The van der Waals surface area contributed by atoms with Crippen LogP contribution in [0.1, 0.15) is 5.56 Å². The molecule has 0 N–H and O–H groups in total. The van der Waals surface area contributed by atoms with Gasteiger partial charge in [0.05, 0.1) is 5.71 Å². The van der Waals surface area contributed by atoms with Gasteiger partial charge in [-0.15, -0.1) is 9.89 Å². The first-order valence-electron chi connectivity index (χ1n) is 4.48. The number of thioether (sulfide) groups is 1. The predicted molar refractivity (Wildman–Crippen MR) is 56.9 cm³/mol. The van der Waals surface area contributed by atoms with E-state index in [2.05, 4.69) is 20.6 Å². The molecule has 0 radical (unpaired) electrons. The molecule has 15 heavy (non-hydrogen) atoms. The van der Waals surface area contributed by atoms with Crippen LogP contribution in [0.4, 0.5) is 0 Å². The summed E-state index contributed by atoms with van der Waals surface area (Å²) in [6.45, 7) is 0. The summed E-state index contributed by atoms with van der Waals surface area (Å²) in [6, 6.07) is 10.1. The predicted octanol–water partition coefficient (Wildman–Crippen LogP) is 1.03. The highest BCUT2D eigenvalue weighted by molar-refractivity contribution is 7.99. The second kappa shape index (κ2) is 3.47. The van der Waals surface area contributed by atoms with Crippen molar-refractivity contribution in [3.8, 4) is 0 Å². The molecule has 1 aliphatic heterocycles. The summed E-state index contributed by atoms with van der Waals surface area (Å²) in [5.41, 5.74) is 2.12. The molecule has 1 aromatic carbocycles. The second-order valence-electron chi connectivity index (χ2n) is 3.05. The molecule has 2 aromatic rings. The van der Waals surface area contributed by atoms with E-state index in [1.165, 1.54) is 4.79 Å². The fraction of sp³-hybridized carbons (Fsp3) is 0.111. The number of rotatable bonds is 1. The van der Waals surface area contributed by atoms with Gasteiger partial charge in [-0.25, -0.2) is 0 Å². The Morgan fingerprint density at radius 1 is 1.20 bits per heavy atom. The highest BCUT2D eigenvalue weighted by Crippen LogP contribution is 2.20. The summed E-state index contributed by atoms with van der Waals surface area (Å²) in [6.07, 6.45) is 0. The van der Waals surface area contributed by atoms with Crippen molar-refractivity contribution >= 4 is 17.5 Å². The molecule has 0 fully saturated rings. The van der Waals surface area contributed by atoms with Crippen molar-refractivity contribution < 1.29 is 0 Å². The lowest BCUT2D eigenvalue weighted by Crippen LogP contribution is -2.13. The molecule has 0 aliphatic carbocycles. The molecule has 6 heteroatoms. The fourth-order valence-corrected chi connectivity index (χ4v) is 2.15. The maximum atomic E-state index is 4.35. The van der Waals surface area contributed by atoms with Gasteiger partial charge in [-0.05, 0) is 16.0 Å². The first-order chi connectivity index (χ1) is 7.43. The maximum Gasteiger partial charge on any atom is 0.233 e. The summed E-state index contributed by atoms with van der Waals surface area (Å²) >= 11 is 1.59. The monoisotopic (exact) mass is 217 g/mol. The number of tetrazole rings is 1. The van der Waals surface area contributed by atoms with E-state index in [1.54, 1.807) is 11.8 Å². The standard InChI is InChI=1S/C9H7N5S/c1-2-4-7(5-3-1)8-6-15-9-10-12-13-14(9)11-8/h1-5H,6H2. The van der Waals surface area contributed by atoms with Gasteiger partial charge in [-0.3, -0.25) is 0 Å². The van der Waals surface area contributed by atoms with Gasteiger partial charge in [-0.2, -0.15) is 0 Å². The average Bonchev–Trinajstić information content (AvgIpc) is 2.77. The number of nitrogens with zero attached hydrogens (tertiary/aromatic N) is 5.